The van der Waals surface area contributed by atoms with Crippen molar-refractivity contribution in [2.45, 2.75) is 0 Å². The normalized spacial score (nSPS) is 11.8. The van der Waals surface area contributed by atoms with E-state index in [2.05, 4.69) is 214 Å². The molecule has 0 saturated carbocycles. The van der Waals surface area contributed by atoms with E-state index in [0.29, 0.717) is 22.6 Å². The molecule has 0 radical (unpaired) electrons. The average molecular weight is 997 g/mol. The second kappa shape index (κ2) is 17.1. The lowest BCUT2D eigenvalue weighted by molar-refractivity contribution is -0.658. The van der Waals surface area contributed by atoms with Crippen LogP contribution in [0.4, 0.5) is 0 Å². The number of nitrogens with zero attached hydrogens (tertiary/aromatic N) is 7. The predicted molar refractivity (Wildman–Crippen MR) is 315 cm³/mol. The van der Waals surface area contributed by atoms with Crippen molar-refractivity contribution in [3.63, 3.8) is 0 Å². The highest BCUT2D eigenvalue weighted by atomic mass is 16.3. The van der Waals surface area contributed by atoms with Gasteiger partial charge in [0.1, 0.15) is 22.9 Å². The van der Waals surface area contributed by atoms with Gasteiger partial charge >= 0.3 is 0 Å². The van der Waals surface area contributed by atoms with Crippen LogP contribution in [0.15, 0.2) is 259 Å². The number of rotatable bonds is 7. The van der Waals surface area contributed by atoms with Crippen LogP contribution >= 0.6 is 0 Å². The summed E-state index contributed by atoms with van der Waals surface area (Å²) in [5.74, 6) is 0.440. The van der Waals surface area contributed by atoms with E-state index in [4.69, 9.17) is 14.5 Å². The molecule has 5 aromatic heterocycles. The first-order valence-electron chi connectivity index (χ1n) is 26.1. The van der Waals surface area contributed by atoms with E-state index in [0.717, 1.165) is 127 Å². The average Bonchev–Trinajstić information content (AvgIpc) is 4.27. The van der Waals surface area contributed by atoms with Crippen LogP contribution < -0.4 is 4.68 Å². The molecule has 16 rings (SSSR count). The third-order valence-electron chi connectivity index (χ3n) is 15.6. The van der Waals surface area contributed by atoms with E-state index in [-0.39, 0.29) is 0 Å². The summed E-state index contributed by atoms with van der Waals surface area (Å²) in [7, 11) is 0. The highest BCUT2D eigenvalue weighted by Gasteiger charge is 2.33. The van der Waals surface area contributed by atoms with Gasteiger partial charge in [-0.1, -0.05) is 176 Å². The van der Waals surface area contributed by atoms with E-state index >= 15 is 0 Å². The summed E-state index contributed by atoms with van der Waals surface area (Å²) < 4.78 is 16.0. The molecule has 16 aromatic rings. The molecule has 0 atom stereocenters. The minimum absolute atomic E-state index is 0.440. The van der Waals surface area contributed by atoms with Gasteiger partial charge in [-0.25, -0.2) is 4.98 Å². The van der Waals surface area contributed by atoms with Crippen molar-refractivity contribution in [3.8, 4) is 62.6 Å². The third kappa shape index (κ3) is 6.43. The van der Waals surface area contributed by atoms with Crippen molar-refractivity contribution >= 4 is 87.4 Å². The van der Waals surface area contributed by atoms with Gasteiger partial charge in [0.15, 0.2) is 0 Å². The number of aromatic nitrogens is 6. The molecule has 0 amide bonds. The standard InChI is InChI=1S/C70H42N7O/c71-42-47-41-56(70-72-57(45-22-6-2-7-23-45)43-74(73-70)48-24-8-3-9-25-48)67(76-60-33-17-12-28-51(60)52-29-13-18-34-61(52)76)68(66(47)75-58-31-15-10-26-49(58)50-27-11-16-32-59(50)75)77-62-38-36-46(44-20-4-1-5-21-44)40-55(62)65-63(77)39-37-54-53-30-14-19-35-64(53)78-69(54)65/h1-41,43H/q+1. The van der Waals surface area contributed by atoms with Crippen LogP contribution in [0.3, 0.4) is 0 Å². The minimum atomic E-state index is 0.440. The fourth-order valence-corrected chi connectivity index (χ4v) is 12.2. The number of para-hydroxylation sites is 6. The van der Waals surface area contributed by atoms with Crippen LogP contribution in [0.25, 0.3) is 144 Å². The second-order valence-electron chi connectivity index (χ2n) is 19.8. The third-order valence-corrected chi connectivity index (χ3v) is 15.6. The molecule has 5 heterocycles. The molecule has 8 nitrogen and oxygen atoms in total. The van der Waals surface area contributed by atoms with E-state index in [9.17, 15) is 5.26 Å². The Bertz CT molecular complexity index is 4990. The molecule has 0 spiro atoms. The number of hydrogen-bond donors (Lipinski definition) is 0. The summed E-state index contributed by atoms with van der Waals surface area (Å²) in [5, 5.41) is 26.0. The quantitative estimate of drug-likeness (QED) is 0.149. The summed E-state index contributed by atoms with van der Waals surface area (Å²) in [5.41, 5.74) is 15.4. The topological polar surface area (TPSA) is 81.4 Å². The van der Waals surface area contributed by atoms with Gasteiger partial charge in [0.2, 0.25) is 17.7 Å². The monoisotopic (exact) mass is 996 g/mol. The van der Waals surface area contributed by atoms with E-state index in [1.165, 1.54) is 0 Å². The summed E-state index contributed by atoms with van der Waals surface area (Å²) in [6.45, 7) is 0. The summed E-state index contributed by atoms with van der Waals surface area (Å²) in [6.07, 6.45) is 1.99. The maximum atomic E-state index is 12.2. The summed E-state index contributed by atoms with van der Waals surface area (Å²) in [6, 6.07) is 89.5. The Morgan fingerprint density at radius 2 is 0.897 bits per heavy atom. The molecule has 0 fully saturated rings. The molecule has 78 heavy (non-hydrogen) atoms. The zero-order valence-electron chi connectivity index (χ0n) is 41.8. The number of fused-ring (bicyclic) bond motifs is 13. The lowest BCUT2D eigenvalue weighted by Gasteiger charge is -2.25. The van der Waals surface area contributed by atoms with Crippen LogP contribution in [0.2, 0.25) is 0 Å². The lowest BCUT2D eigenvalue weighted by Crippen LogP contribution is -2.36. The Balaban J connectivity index is 1.18. The minimum Gasteiger partial charge on any atom is -0.455 e. The molecule has 0 saturated heterocycles. The van der Waals surface area contributed by atoms with Gasteiger partial charge in [-0.3, -0.25) is 0 Å². The zero-order valence-corrected chi connectivity index (χ0v) is 41.8. The fraction of sp³-hybridized carbons (Fsp3) is 0. The fourth-order valence-electron chi connectivity index (χ4n) is 12.2. The van der Waals surface area contributed by atoms with Gasteiger partial charge in [0.25, 0.3) is 0 Å². The van der Waals surface area contributed by atoms with Gasteiger partial charge in [-0.05, 0) is 76.5 Å². The zero-order chi connectivity index (χ0) is 51.4. The van der Waals surface area contributed by atoms with E-state index in [1.54, 1.807) is 0 Å². The molecular weight excluding hydrogens is 955 g/mol. The molecule has 362 valence electrons. The van der Waals surface area contributed by atoms with Crippen molar-refractivity contribution < 1.29 is 9.10 Å². The highest BCUT2D eigenvalue weighted by Crippen LogP contribution is 2.49. The Kier molecular flexibility index (Phi) is 9.53. The van der Waals surface area contributed by atoms with Crippen LogP contribution in [0.5, 0.6) is 0 Å². The van der Waals surface area contributed by atoms with Crippen molar-refractivity contribution in [2.75, 3.05) is 0 Å². The molecule has 0 aliphatic rings. The highest BCUT2D eigenvalue weighted by molar-refractivity contribution is 6.25. The molecule has 0 bridgehead atoms. The van der Waals surface area contributed by atoms with E-state index < -0.39 is 0 Å². The van der Waals surface area contributed by atoms with Crippen molar-refractivity contribution in [1.29, 1.82) is 5.26 Å². The van der Waals surface area contributed by atoms with Crippen molar-refractivity contribution in [3.05, 3.63) is 260 Å². The first-order valence-corrected chi connectivity index (χ1v) is 26.1. The summed E-state index contributed by atoms with van der Waals surface area (Å²) >= 11 is 0. The van der Waals surface area contributed by atoms with Crippen molar-refractivity contribution in [2.24, 2.45) is 0 Å². The molecule has 8 heteroatoms. The first-order chi connectivity index (χ1) is 38.7. The van der Waals surface area contributed by atoms with Gasteiger partial charge < -0.3 is 18.1 Å². The van der Waals surface area contributed by atoms with Crippen molar-refractivity contribution in [1.82, 2.24) is 23.8 Å². The molecule has 0 unspecified atom stereocenters. The molecule has 11 aromatic carbocycles. The van der Waals surface area contributed by atoms with Gasteiger partial charge in [0.05, 0.1) is 66.7 Å². The van der Waals surface area contributed by atoms with Crippen LogP contribution in [0, 0.1) is 11.3 Å². The van der Waals surface area contributed by atoms with Gasteiger partial charge in [0, 0.05) is 60.5 Å². The SMILES string of the molecule is N#Cc1cc(-c2nc(-c3ccccc3)c[n+](-c3ccccc3)n2)c(-n2c3ccccc3c3ccccc32)c(-n2c3ccc(-c4ccccc4)cc3c3c4oc5ccccc5c4ccc32)c1-n1c2ccccc2c2ccccc21. The molecule has 0 aliphatic carbocycles. The van der Waals surface area contributed by atoms with Gasteiger partial charge in [-0.15, -0.1) is 0 Å². The van der Waals surface area contributed by atoms with Crippen LogP contribution in [-0.4, -0.2) is 23.8 Å². The second-order valence-corrected chi connectivity index (χ2v) is 19.8. The van der Waals surface area contributed by atoms with Crippen LogP contribution in [-0.2, 0) is 0 Å². The Hall–Kier alpha value is -10.9. The summed E-state index contributed by atoms with van der Waals surface area (Å²) in [4.78, 5) is 5.57. The Morgan fingerprint density at radius 1 is 0.397 bits per heavy atom. The van der Waals surface area contributed by atoms with Gasteiger partial charge in [-0.2, -0.15) is 5.26 Å². The predicted octanol–water partition coefficient (Wildman–Crippen LogP) is 16.8. The molecule has 0 aliphatic heterocycles. The number of benzene rings is 11. The maximum Gasteiger partial charge on any atom is 0.238 e. The largest absolute Gasteiger partial charge is 0.455 e. The number of nitriles is 1. The molecular formula is C70H42N7O+. The Labute approximate surface area is 446 Å². The van der Waals surface area contributed by atoms with E-state index in [1.807, 2.05) is 65.5 Å². The lowest BCUT2D eigenvalue weighted by atomic mass is 10.0. The number of furan rings is 1. The maximum absolute atomic E-state index is 12.2. The number of hydrogen-bond acceptors (Lipinski definition) is 4. The Morgan fingerprint density at radius 3 is 1.51 bits per heavy atom. The smallest absolute Gasteiger partial charge is 0.238 e. The first kappa shape index (κ1) is 43.5. The molecule has 0 N–H and O–H groups in total. The van der Waals surface area contributed by atoms with Crippen LogP contribution in [0.1, 0.15) is 5.56 Å².